The fourth-order valence-corrected chi connectivity index (χ4v) is 1.91. The maximum absolute atomic E-state index is 11.0. The number of nitrogens with one attached hydrogen (secondary N) is 1. The molecule has 1 heterocycles. The van der Waals surface area contributed by atoms with Crippen molar-refractivity contribution in [2.24, 2.45) is 11.7 Å². The summed E-state index contributed by atoms with van der Waals surface area (Å²) in [7, 11) is 0. The molecular weight excluding hydrogens is 314 g/mol. The summed E-state index contributed by atoms with van der Waals surface area (Å²) in [5.74, 6) is 0.921. The fraction of sp³-hybridized carbons (Fsp3) is 0.688. The van der Waals surface area contributed by atoms with E-state index < -0.39 is 11.2 Å². The van der Waals surface area contributed by atoms with Crippen LogP contribution < -0.4 is 11.1 Å². The number of hydrogen-bond donors (Lipinski definition) is 3. The highest BCUT2D eigenvalue weighted by Gasteiger charge is 2.23. The van der Waals surface area contributed by atoms with E-state index in [4.69, 9.17) is 5.73 Å². The molecule has 0 aromatic rings. The SMILES string of the molecule is C=CC(NC=O)C(=O)S.CC(C)C.CC1CCCN1C(=O)CN. The predicted octanol–water partition coefficient (Wildman–Crippen LogP) is 1.36. The lowest BCUT2D eigenvalue weighted by atomic mass is 10.2. The number of nitrogens with zero attached hydrogens (tertiary/aromatic N) is 1. The molecular formula is C16H31N3O3S. The van der Waals surface area contributed by atoms with E-state index in [1.807, 2.05) is 4.90 Å². The van der Waals surface area contributed by atoms with Crippen molar-refractivity contribution in [1.29, 1.82) is 0 Å². The van der Waals surface area contributed by atoms with Crippen molar-refractivity contribution >= 4 is 30.1 Å². The Morgan fingerprint density at radius 3 is 2.17 bits per heavy atom. The van der Waals surface area contributed by atoms with Crippen LogP contribution in [0.4, 0.5) is 0 Å². The second kappa shape index (κ2) is 14.3. The van der Waals surface area contributed by atoms with Crippen molar-refractivity contribution in [3.63, 3.8) is 0 Å². The minimum atomic E-state index is -0.661. The van der Waals surface area contributed by atoms with Crippen molar-refractivity contribution in [2.75, 3.05) is 13.1 Å². The van der Waals surface area contributed by atoms with Crippen LogP contribution in [0.5, 0.6) is 0 Å². The van der Waals surface area contributed by atoms with Crippen molar-refractivity contribution in [1.82, 2.24) is 10.2 Å². The summed E-state index contributed by atoms with van der Waals surface area (Å²) in [5.41, 5.74) is 5.22. The van der Waals surface area contributed by atoms with Crippen LogP contribution in [0, 0.1) is 5.92 Å². The van der Waals surface area contributed by atoms with Crippen molar-refractivity contribution in [2.45, 2.75) is 52.6 Å². The average Bonchev–Trinajstić information content (AvgIpc) is 2.90. The zero-order valence-electron chi connectivity index (χ0n) is 14.6. The maximum Gasteiger partial charge on any atom is 0.236 e. The third-order valence-electron chi connectivity index (χ3n) is 2.80. The van der Waals surface area contributed by atoms with Crippen LogP contribution in [-0.2, 0) is 14.4 Å². The number of amides is 2. The molecule has 23 heavy (non-hydrogen) atoms. The van der Waals surface area contributed by atoms with E-state index in [0.717, 1.165) is 25.3 Å². The number of nitrogens with two attached hydrogens (primary N) is 1. The van der Waals surface area contributed by atoms with Crippen molar-refractivity contribution in [3.8, 4) is 0 Å². The van der Waals surface area contributed by atoms with Gasteiger partial charge in [-0.15, -0.1) is 19.2 Å². The molecule has 0 bridgehead atoms. The van der Waals surface area contributed by atoms with Crippen LogP contribution in [-0.4, -0.2) is 47.5 Å². The van der Waals surface area contributed by atoms with E-state index in [-0.39, 0.29) is 12.5 Å². The molecule has 0 radical (unpaired) electrons. The smallest absolute Gasteiger partial charge is 0.236 e. The molecule has 134 valence electrons. The Morgan fingerprint density at radius 2 is 1.96 bits per heavy atom. The van der Waals surface area contributed by atoms with E-state index >= 15 is 0 Å². The van der Waals surface area contributed by atoms with Gasteiger partial charge in [-0.3, -0.25) is 14.4 Å². The minimum Gasteiger partial charge on any atom is -0.345 e. The van der Waals surface area contributed by atoms with Gasteiger partial charge in [-0.05, 0) is 25.7 Å². The summed E-state index contributed by atoms with van der Waals surface area (Å²) in [5, 5.41) is 1.79. The first-order chi connectivity index (χ1) is 10.7. The predicted molar refractivity (Wildman–Crippen MR) is 97.2 cm³/mol. The first kappa shape index (κ1) is 23.9. The number of rotatable bonds is 5. The first-order valence-electron chi connectivity index (χ1n) is 7.75. The number of carbonyl (C=O) groups is 3. The standard InChI is InChI=1S/C7H14N2O.C5H7NO2S.C4H10/c1-6-3-2-4-9(6)7(10)5-8;1-2-4(5(8)9)6-3-7;1-4(2)3/h6H,2-5,8H2,1H3;2-4H,1H2,(H,6,7)(H,8,9);4H,1-3H3. The third kappa shape index (κ3) is 12.9. The van der Waals surface area contributed by atoms with E-state index in [1.165, 1.54) is 6.08 Å². The number of hydrogen-bond acceptors (Lipinski definition) is 4. The zero-order valence-corrected chi connectivity index (χ0v) is 15.5. The van der Waals surface area contributed by atoms with Gasteiger partial charge in [0.2, 0.25) is 17.4 Å². The molecule has 7 heteroatoms. The van der Waals surface area contributed by atoms with Gasteiger partial charge in [0.15, 0.2) is 0 Å². The summed E-state index contributed by atoms with van der Waals surface area (Å²) >= 11 is 3.48. The summed E-state index contributed by atoms with van der Waals surface area (Å²) in [6, 6.07) is -0.248. The van der Waals surface area contributed by atoms with Gasteiger partial charge in [0.05, 0.1) is 6.54 Å². The number of likely N-dealkylation sites (tertiary alicyclic amines) is 1. The van der Waals surface area contributed by atoms with Gasteiger partial charge in [0.1, 0.15) is 6.04 Å². The second-order valence-electron chi connectivity index (χ2n) is 5.85. The number of carbonyl (C=O) groups excluding carboxylic acids is 3. The minimum absolute atomic E-state index is 0.0880. The quantitative estimate of drug-likeness (QED) is 0.398. The Balaban J connectivity index is 0. The van der Waals surface area contributed by atoms with Gasteiger partial charge < -0.3 is 16.0 Å². The normalized spacial score (nSPS) is 17.2. The Labute approximate surface area is 145 Å². The second-order valence-corrected chi connectivity index (χ2v) is 6.29. The highest BCUT2D eigenvalue weighted by Crippen LogP contribution is 2.15. The maximum atomic E-state index is 11.0. The fourth-order valence-electron chi connectivity index (χ4n) is 1.73. The number of thiol groups is 1. The molecule has 6 nitrogen and oxygen atoms in total. The lowest BCUT2D eigenvalue weighted by Crippen LogP contribution is -2.37. The van der Waals surface area contributed by atoms with Crippen LogP contribution in [0.2, 0.25) is 0 Å². The van der Waals surface area contributed by atoms with Gasteiger partial charge in [-0.2, -0.15) is 0 Å². The van der Waals surface area contributed by atoms with Crippen molar-refractivity contribution < 1.29 is 14.4 Å². The largest absolute Gasteiger partial charge is 0.345 e. The van der Waals surface area contributed by atoms with Crippen molar-refractivity contribution in [3.05, 3.63) is 12.7 Å². The highest BCUT2D eigenvalue weighted by molar-refractivity contribution is 7.96. The Bertz CT molecular complexity index is 373. The topological polar surface area (TPSA) is 92.5 Å². The monoisotopic (exact) mass is 345 g/mol. The molecule has 0 aromatic heterocycles. The Kier molecular flexibility index (Phi) is 14.8. The van der Waals surface area contributed by atoms with Gasteiger partial charge in [0.25, 0.3) is 0 Å². The van der Waals surface area contributed by atoms with Gasteiger partial charge in [0, 0.05) is 12.6 Å². The molecule has 1 aliphatic rings. The van der Waals surface area contributed by atoms with E-state index in [9.17, 15) is 14.4 Å². The molecule has 1 aliphatic heterocycles. The molecule has 0 aliphatic carbocycles. The molecule has 1 fully saturated rings. The molecule has 1 saturated heterocycles. The summed E-state index contributed by atoms with van der Waals surface area (Å²) in [6.07, 6.45) is 4.00. The van der Waals surface area contributed by atoms with Crippen LogP contribution in [0.15, 0.2) is 12.7 Å². The van der Waals surface area contributed by atoms with Gasteiger partial charge in [-0.25, -0.2) is 0 Å². The summed E-state index contributed by atoms with van der Waals surface area (Å²) in [4.78, 5) is 33.0. The van der Waals surface area contributed by atoms with E-state index in [1.54, 1.807) is 0 Å². The molecule has 1 rings (SSSR count). The van der Waals surface area contributed by atoms with E-state index in [0.29, 0.717) is 12.5 Å². The Hall–Kier alpha value is -1.34. The van der Waals surface area contributed by atoms with Crippen LogP contribution in [0.25, 0.3) is 0 Å². The lowest BCUT2D eigenvalue weighted by Gasteiger charge is -2.19. The highest BCUT2D eigenvalue weighted by atomic mass is 32.1. The average molecular weight is 346 g/mol. The third-order valence-corrected chi connectivity index (χ3v) is 3.08. The molecule has 0 aromatic carbocycles. The molecule has 2 amide bonds. The van der Waals surface area contributed by atoms with Crippen LogP contribution in [0.3, 0.4) is 0 Å². The van der Waals surface area contributed by atoms with Crippen LogP contribution in [0.1, 0.15) is 40.5 Å². The Morgan fingerprint density at radius 1 is 1.43 bits per heavy atom. The molecule has 0 saturated carbocycles. The zero-order chi connectivity index (χ0) is 18.4. The van der Waals surface area contributed by atoms with Gasteiger partial charge in [-0.1, -0.05) is 26.8 Å². The van der Waals surface area contributed by atoms with E-state index in [2.05, 4.69) is 52.2 Å². The summed E-state index contributed by atoms with van der Waals surface area (Å²) < 4.78 is 0. The molecule has 0 spiro atoms. The lowest BCUT2D eigenvalue weighted by molar-refractivity contribution is -0.130. The van der Waals surface area contributed by atoms with Gasteiger partial charge >= 0.3 is 0 Å². The first-order valence-corrected chi connectivity index (χ1v) is 8.20. The van der Waals surface area contributed by atoms with Crippen LogP contribution >= 0.6 is 12.6 Å². The molecule has 2 unspecified atom stereocenters. The molecule has 3 N–H and O–H groups in total. The summed E-state index contributed by atoms with van der Waals surface area (Å²) in [6.45, 7) is 12.9. The molecule has 2 atom stereocenters.